The van der Waals surface area contributed by atoms with Crippen LogP contribution >= 0.6 is 0 Å². The number of hydrogen-bond donors (Lipinski definition) is 2. The van der Waals surface area contributed by atoms with E-state index in [1.54, 1.807) is 17.1 Å². The normalized spacial score (nSPS) is 29.7. The number of anilines is 1. The molecule has 2 saturated heterocycles. The van der Waals surface area contributed by atoms with E-state index in [-0.39, 0.29) is 38.0 Å². The number of aliphatic hydroxyl groups excluding tert-OH is 1. The standard InChI is InChI=1S/C40H43N3O7/c1-25(2)21-30(23-44)43-36-39(48)42(29-17-16-26-11-8-9-14-28(26)22-29)20-10-4-7-15-33(45)49-24-31(27-12-5-3-6-13-27)41-37(46)34-32-18-19-40(36,50-32)35(34)38(43)47/h3-6,8-14,16-19,22,25,30-32,34-36,44H,7,15,20-21,23-24H2,1-2H3,(H,41,46)/b10-4-/t30-,31+,32+,34-,35-,36+,40-/m1/s1. The van der Waals surface area contributed by atoms with Crippen molar-refractivity contribution in [2.24, 2.45) is 17.8 Å². The molecule has 0 radical (unpaired) electrons. The number of amides is 3. The third kappa shape index (κ3) is 6.00. The number of ether oxygens (including phenoxy) is 2. The Kier molecular flexibility index (Phi) is 9.32. The van der Waals surface area contributed by atoms with Crippen molar-refractivity contribution in [3.05, 3.63) is 103 Å². The number of benzene rings is 3. The van der Waals surface area contributed by atoms with Crippen molar-refractivity contribution in [3.8, 4) is 0 Å². The summed E-state index contributed by atoms with van der Waals surface area (Å²) in [6, 6.07) is 20.4. The van der Waals surface area contributed by atoms with Gasteiger partial charge in [0.05, 0.1) is 36.6 Å². The predicted molar refractivity (Wildman–Crippen MR) is 188 cm³/mol. The first-order valence-corrected chi connectivity index (χ1v) is 17.5. The third-order valence-corrected chi connectivity index (χ3v) is 10.4. The molecule has 260 valence electrons. The van der Waals surface area contributed by atoms with Crippen LogP contribution in [-0.2, 0) is 28.7 Å². The number of rotatable bonds is 6. The van der Waals surface area contributed by atoms with Gasteiger partial charge in [0.15, 0.2) is 0 Å². The van der Waals surface area contributed by atoms with Crippen molar-refractivity contribution in [1.29, 1.82) is 0 Å². The highest BCUT2D eigenvalue weighted by Gasteiger charge is 2.73. The van der Waals surface area contributed by atoms with Gasteiger partial charge in [0.2, 0.25) is 11.8 Å². The van der Waals surface area contributed by atoms with Crippen LogP contribution < -0.4 is 10.2 Å². The number of likely N-dealkylation sites (tertiary alicyclic amines) is 1. The minimum atomic E-state index is -1.42. The van der Waals surface area contributed by atoms with Crippen LogP contribution in [0.5, 0.6) is 0 Å². The van der Waals surface area contributed by atoms with Gasteiger partial charge in [-0.05, 0) is 47.2 Å². The van der Waals surface area contributed by atoms with Gasteiger partial charge >= 0.3 is 5.97 Å². The first-order valence-electron chi connectivity index (χ1n) is 17.5. The van der Waals surface area contributed by atoms with Crippen LogP contribution in [0.25, 0.3) is 10.8 Å². The molecule has 2 fully saturated rings. The van der Waals surface area contributed by atoms with E-state index >= 15 is 4.79 Å². The van der Waals surface area contributed by atoms with Gasteiger partial charge in [-0.3, -0.25) is 19.2 Å². The molecule has 3 aromatic carbocycles. The Morgan fingerprint density at radius 2 is 1.70 bits per heavy atom. The molecule has 0 unspecified atom stereocenters. The number of carbonyl (C=O) groups excluding carboxylic acids is 4. The number of hydrogen-bond acceptors (Lipinski definition) is 7. The van der Waals surface area contributed by atoms with Crippen molar-refractivity contribution in [2.45, 2.75) is 62.9 Å². The van der Waals surface area contributed by atoms with Crippen LogP contribution in [0.1, 0.15) is 44.7 Å². The number of nitrogens with one attached hydrogen (secondary N) is 1. The van der Waals surface area contributed by atoms with E-state index in [9.17, 15) is 19.5 Å². The molecule has 0 aliphatic carbocycles. The number of cyclic esters (lactones) is 1. The van der Waals surface area contributed by atoms with Crippen LogP contribution in [0.15, 0.2) is 97.1 Å². The fraction of sp³-hybridized carbons (Fsp3) is 0.400. The van der Waals surface area contributed by atoms with Gasteiger partial charge in [0.1, 0.15) is 18.2 Å². The van der Waals surface area contributed by atoms with Crippen LogP contribution in [0.3, 0.4) is 0 Å². The molecule has 4 aliphatic rings. The minimum Gasteiger partial charge on any atom is -0.463 e. The van der Waals surface area contributed by atoms with Gasteiger partial charge in [-0.2, -0.15) is 0 Å². The zero-order valence-corrected chi connectivity index (χ0v) is 28.3. The molecule has 50 heavy (non-hydrogen) atoms. The van der Waals surface area contributed by atoms with E-state index in [0.29, 0.717) is 18.5 Å². The Morgan fingerprint density at radius 3 is 2.46 bits per heavy atom. The summed E-state index contributed by atoms with van der Waals surface area (Å²) < 4.78 is 12.3. The molecule has 0 aromatic heterocycles. The van der Waals surface area contributed by atoms with E-state index in [2.05, 4.69) is 5.32 Å². The Hall–Kier alpha value is -4.80. The van der Waals surface area contributed by atoms with Gasteiger partial charge in [0.25, 0.3) is 5.91 Å². The number of esters is 1. The molecule has 10 heteroatoms. The summed E-state index contributed by atoms with van der Waals surface area (Å²) in [7, 11) is 0. The summed E-state index contributed by atoms with van der Waals surface area (Å²) in [5, 5.41) is 15.7. The molecule has 2 N–H and O–H groups in total. The van der Waals surface area contributed by atoms with Crippen molar-refractivity contribution in [3.63, 3.8) is 0 Å². The van der Waals surface area contributed by atoms with Crippen LogP contribution in [0.4, 0.5) is 5.69 Å². The second-order valence-corrected chi connectivity index (χ2v) is 14.1. The van der Waals surface area contributed by atoms with E-state index in [0.717, 1.165) is 16.3 Å². The number of allylic oxidation sites excluding steroid dienone is 1. The summed E-state index contributed by atoms with van der Waals surface area (Å²) >= 11 is 0. The lowest BCUT2D eigenvalue weighted by Crippen LogP contribution is -2.59. The van der Waals surface area contributed by atoms with Crippen LogP contribution in [0.2, 0.25) is 0 Å². The third-order valence-electron chi connectivity index (χ3n) is 10.4. The van der Waals surface area contributed by atoms with Crippen molar-refractivity contribution >= 4 is 40.2 Å². The summed E-state index contributed by atoms with van der Waals surface area (Å²) in [6.45, 7) is 3.73. The maximum absolute atomic E-state index is 15.2. The maximum atomic E-state index is 15.2. The SMILES string of the molecule is CC(C)C[C@H](CO)N1C(=O)[C@H]2[C@@H]3C(=O)N[C@H](c4ccccc4)COC(=O)CC/C=C\CN(c4ccc5ccccc5c4)C(=O)[C@H]1[C@@]21C=C[C@@H]3O1. The Labute approximate surface area is 291 Å². The van der Waals surface area contributed by atoms with Crippen molar-refractivity contribution in [1.82, 2.24) is 10.2 Å². The van der Waals surface area contributed by atoms with Gasteiger partial charge in [-0.1, -0.05) is 98.8 Å². The molecule has 3 aromatic rings. The van der Waals surface area contributed by atoms with Gasteiger partial charge < -0.3 is 29.7 Å². The van der Waals surface area contributed by atoms with Crippen LogP contribution in [0, 0.1) is 17.8 Å². The summed E-state index contributed by atoms with van der Waals surface area (Å²) in [6.07, 6.45) is 7.48. The van der Waals surface area contributed by atoms with E-state index in [4.69, 9.17) is 9.47 Å². The van der Waals surface area contributed by atoms with Gasteiger partial charge in [-0.15, -0.1) is 0 Å². The molecule has 4 aliphatic heterocycles. The Balaban J connectivity index is 1.34. The molecular formula is C40H43N3O7. The van der Waals surface area contributed by atoms with Crippen LogP contribution in [-0.4, -0.2) is 77.2 Å². The first-order chi connectivity index (χ1) is 24.2. The first kappa shape index (κ1) is 33.7. The number of fused-ring (bicyclic) bond motifs is 3. The van der Waals surface area contributed by atoms with Gasteiger partial charge in [-0.25, -0.2) is 0 Å². The highest BCUT2D eigenvalue weighted by Crippen LogP contribution is 2.56. The largest absolute Gasteiger partial charge is 0.463 e. The van der Waals surface area contributed by atoms with Crippen molar-refractivity contribution < 1.29 is 33.8 Å². The monoisotopic (exact) mass is 677 g/mol. The fourth-order valence-electron chi connectivity index (χ4n) is 8.14. The maximum Gasteiger partial charge on any atom is 0.306 e. The lowest BCUT2D eigenvalue weighted by Gasteiger charge is -2.39. The molecule has 7 atom stereocenters. The van der Waals surface area contributed by atoms with Gasteiger partial charge in [0, 0.05) is 18.7 Å². The van der Waals surface area contributed by atoms with E-state index in [1.807, 2.05) is 98.8 Å². The second kappa shape index (κ2) is 13.8. The highest BCUT2D eigenvalue weighted by molar-refractivity contribution is 6.06. The topological polar surface area (TPSA) is 125 Å². The minimum absolute atomic E-state index is 0.0832. The Bertz CT molecular complexity index is 1840. The average molecular weight is 678 g/mol. The zero-order valence-electron chi connectivity index (χ0n) is 28.3. The average Bonchev–Trinajstić information content (AvgIpc) is 3.77. The quantitative estimate of drug-likeness (QED) is 0.291. The number of aliphatic hydroxyl groups is 1. The fourth-order valence-corrected chi connectivity index (χ4v) is 8.14. The summed E-state index contributed by atoms with van der Waals surface area (Å²) in [4.78, 5) is 60.3. The predicted octanol–water partition coefficient (Wildman–Crippen LogP) is 4.48. The lowest BCUT2D eigenvalue weighted by atomic mass is 9.74. The highest BCUT2D eigenvalue weighted by atomic mass is 16.5. The molecule has 0 saturated carbocycles. The molecule has 3 amide bonds. The molecule has 7 rings (SSSR count). The molecular weight excluding hydrogens is 634 g/mol. The molecule has 10 nitrogen and oxygen atoms in total. The summed E-state index contributed by atoms with van der Waals surface area (Å²) in [5.74, 6) is -3.45. The molecule has 1 spiro atoms. The summed E-state index contributed by atoms with van der Waals surface area (Å²) in [5.41, 5.74) is -0.0485. The van der Waals surface area contributed by atoms with Crippen molar-refractivity contribution in [2.75, 3.05) is 24.7 Å². The smallest absolute Gasteiger partial charge is 0.306 e. The second-order valence-electron chi connectivity index (χ2n) is 14.1. The molecule has 4 heterocycles. The van der Waals surface area contributed by atoms with E-state index in [1.165, 1.54) is 4.90 Å². The number of carbonyl (C=O) groups is 4. The number of nitrogens with zero attached hydrogens (tertiary/aromatic N) is 2. The Morgan fingerprint density at radius 1 is 0.940 bits per heavy atom. The molecule has 5 bridgehead atoms. The zero-order chi connectivity index (χ0) is 35.0. The van der Waals surface area contributed by atoms with E-state index < -0.39 is 59.5 Å². The lowest BCUT2D eigenvalue weighted by molar-refractivity contribution is -0.146.